The fraction of sp³-hybridized carbons (Fsp3) is 0.118. The van der Waals surface area contributed by atoms with Crippen LogP contribution in [0, 0.1) is 0 Å². The highest BCUT2D eigenvalue weighted by molar-refractivity contribution is 6.31. The number of amides is 1. The molecule has 1 N–H and O–H groups in total. The van der Waals surface area contributed by atoms with Crippen LogP contribution in [0.15, 0.2) is 54.6 Å². The Labute approximate surface area is 129 Å². The number of hydrogen-bond donors (Lipinski definition) is 1. The number of para-hydroxylation sites is 1. The van der Waals surface area contributed by atoms with Crippen LogP contribution in [0.5, 0.6) is 5.75 Å². The molecule has 0 aliphatic carbocycles. The summed E-state index contributed by atoms with van der Waals surface area (Å²) in [4.78, 5) is 11.8. The first kappa shape index (κ1) is 15.1. The van der Waals surface area contributed by atoms with Crippen molar-refractivity contribution in [3.8, 4) is 5.75 Å². The van der Waals surface area contributed by atoms with Crippen LogP contribution in [0.1, 0.15) is 11.1 Å². The Hall–Kier alpha value is -2.26. The monoisotopic (exact) mass is 301 g/mol. The number of benzene rings is 2. The smallest absolute Gasteiger partial charge is 0.244 e. The van der Waals surface area contributed by atoms with Gasteiger partial charge in [0.1, 0.15) is 5.75 Å². The molecule has 0 aliphatic heterocycles. The molecule has 21 heavy (non-hydrogen) atoms. The number of nitrogens with one attached hydrogen (secondary N) is 1. The van der Waals surface area contributed by atoms with Crippen LogP contribution in [-0.4, -0.2) is 13.0 Å². The van der Waals surface area contributed by atoms with Crippen molar-refractivity contribution in [2.75, 3.05) is 7.11 Å². The number of carbonyl (C=O) groups excluding carboxylic acids is 1. The second-order valence-electron chi connectivity index (χ2n) is 4.38. The van der Waals surface area contributed by atoms with Gasteiger partial charge in [0.15, 0.2) is 0 Å². The molecule has 0 aromatic heterocycles. The lowest BCUT2D eigenvalue weighted by Gasteiger charge is -2.05. The highest BCUT2D eigenvalue weighted by Crippen LogP contribution is 2.18. The van der Waals surface area contributed by atoms with E-state index in [1.165, 1.54) is 6.08 Å². The van der Waals surface area contributed by atoms with Gasteiger partial charge in [-0.15, -0.1) is 0 Å². The van der Waals surface area contributed by atoms with Gasteiger partial charge in [0.25, 0.3) is 0 Å². The van der Waals surface area contributed by atoms with Crippen molar-refractivity contribution in [1.82, 2.24) is 5.32 Å². The van der Waals surface area contributed by atoms with Gasteiger partial charge < -0.3 is 10.1 Å². The molecule has 0 atom stereocenters. The topological polar surface area (TPSA) is 38.3 Å². The largest absolute Gasteiger partial charge is 0.496 e. The van der Waals surface area contributed by atoms with Crippen molar-refractivity contribution in [2.24, 2.45) is 0 Å². The van der Waals surface area contributed by atoms with Crippen molar-refractivity contribution in [3.63, 3.8) is 0 Å². The number of ether oxygens (including phenoxy) is 1. The van der Waals surface area contributed by atoms with Crippen molar-refractivity contribution >= 4 is 23.6 Å². The fourth-order valence-corrected chi connectivity index (χ4v) is 2.06. The third-order valence-electron chi connectivity index (χ3n) is 2.96. The molecule has 2 aromatic rings. The predicted octanol–water partition coefficient (Wildman–Crippen LogP) is 3.68. The lowest BCUT2D eigenvalue weighted by Crippen LogP contribution is -2.20. The van der Waals surface area contributed by atoms with Gasteiger partial charge in [-0.3, -0.25) is 4.79 Å². The van der Waals surface area contributed by atoms with Crippen LogP contribution in [0.2, 0.25) is 5.02 Å². The second kappa shape index (κ2) is 7.50. The molecule has 0 aliphatic rings. The van der Waals surface area contributed by atoms with Crippen LogP contribution in [0.3, 0.4) is 0 Å². The van der Waals surface area contributed by atoms with Gasteiger partial charge in [0.2, 0.25) is 5.91 Å². The summed E-state index contributed by atoms with van der Waals surface area (Å²) in [5, 5.41) is 3.44. The number of hydrogen-bond acceptors (Lipinski definition) is 2. The number of rotatable bonds is 5. The molecule has 0 saturated heterocycles. The van der Waals surface area contributed by atoms with Crippen LogP contribution >= 0.6 is 11.6 Å². The van der Waals surface area contributed by atoms with Crippen molar-refractivity contribution < 1.29 is 9.53 Å². The average molecular weight is 302 g/mol. The van der Waals surface area contributed by atoms with Gasteiger partial charge in [-0.2, -0.15) is 0 Å². The molecule has 1 amide bonds. The summed E-state index contributed by atoms with van der Waals surface area (Å²) in [6.45, 7) is 0.398. The summed E-state index contributed by atoms with van der Waals surface area (Å²) in [5.41, 5.74) is 1.74. The average Bonchev–Trinajstić information content (AvgIpc) is 2.52. The summed E-state index contributed by atoms with van der Waals surface area (Å²) in [7, 11) is 1.60. The predicted molar refractivity (Wildman–Crippen MR) is 85.3 cm³/mol. The molecule has 0 saturated carbocycles. The summed E-state index contributed by atoms with van der Waals surface area (Å²) in [5.74, 6) is 0.550. The summed E-state index contributed by atoms with van der Waals surface area (Å²) in [6.07, 6.45) is 3.20. The van der Waals surface area contributed by atoms with E-state index >= 15 is 0 Å². The van der Waals surface area contributed by atoms with E-state index in [1.807, 2.05) is 42.5 Å². The maximum atomic E-state index is 11.8. The third kappa shape index (κ3) is 4.36. The van der Waals surface area contributed by atoms with E-state index in [4.69, 9.17) is 16.3 Å². The zero-order valence-corrected chi connectivity index (χ0v) is 12.4. The minimum Gasteiger partial charge on any atom is -0.496 e. The van der Waals surface area contributed by atoms with E-state index in [0.717, 1.165) is 16.9 Å². The Bertz CT molecular complexity index is 653. The number of carbonyl (C=O) groups is 1. The summed E-state index contributed by atoms with van der Waals surface area (Å²) in [6, 6.07) is 14.9. The first-order valence-corrected chi connectivity index (χ1v) is 6.91. The molecule has 0 radical (unpaired) electrons. The summed E-state index contributed by atoms with van der Waals surface area (Å²) >= 11 is 6.03. The normalized spacial score (nSPS) is 10.6. The van der Waals surface area contributed by atoms with Crippen LogP contribution in [-0.2, 0) is 11.3 Å². The Morgan fingerprint density at radius 3 is 2.67 bits per heavy atom. The van der Waals surface area contributed by atoms with Crippen molar-refractivity contribution in [3.05, 3.63) is 70.8 Å². The number of methoxy groups -OCH3 is 1. The van der Waals surface area contributed by atoms with E-state index in [9.17, 15) is 4.79 Å². The quantitative estimate of drug-likeness (QED) is 0.856. The fourth-order valence-electron chi connectivity index (χ4n) is 1.85. The molecule has 2 aromatic carbocycles. The first-order chi connectivity index (χ1) is 10.2. The molecule has 2 rings (SSSR count). The van der Waals surface area contributed by atoms with Gasteiger partial charge in [0, 0.05) is 23.2 Å². The van der Waals surface area contributed by atoms with E-state index in [-0.39, 0.29) is 5.91 Å². The van der Waals surface area contributed by atoms with Crippen LogP contribution in [0.25, 0.3) is 6.08 Å². The van der Waals surface area contributed by atoms with E-state index in [1.54, 1.807) is 19.3 Å². The zero-order valence-electron chi connectivity index (χ0n) is 11.7. The van der Waals surface area contributed by atoms with Crippen molar-refractivity contribution in [1.29, 1.82) is 0 Å². The highest BCUT2D eigenvalue weighted by Gasteiger charge is 2.02. The minimum absolute atomic E-state index is 0.180. The molecule has 0 unspecified atom stereocenters. The molecular weight excluding hydrogens is 286 g/mol. The van der Waals surface area contributed by atoms with Gasteiger partial charge in [-0.1, -0.05) is 48.0 Å². The lowest BCUT2D eigenvalue weighted by molar-refractivity contribution is -0.116. The molecule has 0 heterocycles. The number of halogens is 1. The third-order valence-corrected chi connectivity index (χ3v) is 3.33. The maximum absolute atomic E-state index is 11.8. The minimum atomic E-state index is -0.180. The molecule has 4 heteroatoms. The Kier molecular flexibility index (Phi) is 5.41. The van der Waals surface area contributed by atoms with E-state index < -0.39 is 0 Å². The van der Waals surface area contributed by atoms with Crippen molar-refractivity contribution in [2.45, 2.75) is 6.54 Å². The van der Waals surface area contributed by atoms with Crippen LogP contribution < -0.4 is 10.1 Å². The maximum Gasteiger partial charge on any atom is 0.244 e. The molecule has 0 bridgehead atoms. The molecule has 0 fully saturated rings. The zero-order chi connectivity index (χ0) is 15.1. The highest BCUT2D eigenvalue weighted by atomic mass is 35.5. The Morgan fingerprint density at radius 2 is 1.90 bits per heavy atom. The Morgan fingerprint density at radius 1 is 1.19 bits per heavy atom. The second-order valence-corrected chi connectivity index (χ2v) is 4.79. The van der Waals surface area contributed by atoms with Gasteiger partial charge >= 0.3 is 0 Å². The SMILES string of the molecule is COc1ccccc1C=CC(=O)NCc1ccccc1Cl. The molecule has 3 nitrogen and oxygen atoms in total. The molecular formula is C17H16ClNO2. The van der Waals surface area contributed by atoms with E-state index in [0.29, 0.717) is 11.6 Å². The van der Waals surface area contributed by atoms with Gasteiger partial charge in [0.05, 0.1) is 7.11 Å². The standard InChI is InChI=1S/C17H16ClNO2/c1-21-16-9-5-3-6-13(16)10-11-17(20)19-12-14-7-2-4-8-15(14)18/h2-11H,12H2,1H3,(H,19,20). The lowest BCUT2D eigenvalue weighted by atomic mass is 10.2. The molecule has 108 valence electrons. The van der Waals surface area contributed by atoms with Gasteiger partial charge in [-0.25, -0.2) is 0 Å². The Balaban J connectivity index is 1.96. The first-order valence-electron chi connectivity index (χ1n) is 6.53. The summed E-state index contributed by atoms with van der Waals surface area (Å²) < 4.78 is 5.22. The van der Waals surface area contributed by atoms with Gasteiger partial charge in [-0.05, 0) is 23.8 Å². The van der Waals surface area contributed by atoms with E-state index in [2.05, 4.69) is 5.32 Å². The molecule has 0 spiro atoms. The van der Waals surface area contributed by atoms with Crippen LogP contribution in [0.4, 0.5) is 0 Å².